The zero-order valence-corrected chi connectivity index (χ0v) is 16.9. The van der Waals surface area contributed by atoms with Gasteiger partial charge >= 0.3 is 0 Å². The summed E-state index contributed by atoms with van der Waals surface area (Å²) in [6.07, 6.45) is 11.3. The third-order valence-corrected chi connectivity index (χ3v) is 5.65. The number of hydrogen-bond donors (Lipinski definition) is 0. The summed E-state index contributed by atoms with van der Waals surface area (Å²) in [6.45, 7) is 4.03. The van der Waals surface area contributed by atoms with E-state index >= 15 is 0 Å². The van der Waals surface area contributed by atoms with Gasteiger partial charge in [0.2, 0.25) is 5.88 Å². The average Bonchev–Trinajstić information content (AvgIpc) is 3.24. The number of imidazole rings is 1. The van der Waals surface area contributed by atoms with Crippen LogP contribution >= 0.6 is 0 Å². The average molecular weight is 399 g/mol. The lowest BCUT2D eigenvalue weighted by atomic mass is 10.1. The van der Waals surface area contributed by atoms with Crippen LogP contribution in [0.15, 0.2) is 67.4 Å². The molecule has 5 rings (SSSR count). The summed E-state index contributed by atoms with van der Waals surface area (Å²) in [5, 5.41) is 0. The lowest BCUT2D eigenvalue weighted by Crippen LogP contribution is -2.33. The van der Waals surface area contributed by atoms with Crippen LogP contribution in [0.1, 0.15) is 19.3 Å². The Balaban J connectivity index is 1.27. The molecule has 0 atom stereocenters. The van der Waals surface area contributed by atoms with Crippen LogP contribution in [0.3, 0.4) is 0 Å². The molecule has 0 saturated carbocycles. The Morgan fingerprint density at radius 3 is 2.60 bits per heavy atom. The van der Waals surface area contributed by atoms with Crippen molar-refractivity contribution in [3.63, 3.8) is 0 Å². The van der Waals surface area contributed by atoms with Crippen LogP contribution in [0.5, 0.6) is 5.88 Å². The molecule has 0 amide bonds. The van der Waals surface area contributed by atoms with E-state index in [9.17, 15) is 0 Å². The third kappa shape index (κ3) is 4.04. The number of rotatable bonds is 6. The largest absolute Gasteiger partial charge is 0.476 e. The van der Waals surface area contributed by atoms with Crippen molar-refractivity contribution >= 4 is 11.0 Å². The van der Waals surface area contributed by atoms with Crippen LogP contribution in [-0.4, -0.2) is 50.7 Å². The SMILES string of the molecule is c1cncc(-n2cnc3cc(-c4ccc(OCCN5CCCCC5)nc4)ccc32)c1. The number of aromatic nitrogens is 4. The van der Waals surface area contributed by atoms with Crippen LogP contribution in [0.4, 0.5) is 0 Å². The summed E-state index contributed by atoms with van der Waals surface area (Å²) in [4.78, 5) is 15.7. The summed E-state index contributed by atoms with van der Waals surface area (Å²) in [5.74, 6) is 0.678. The Hall–Kier alpha value is -3.25. The van der Waals surface area contributed by atoms with E-state index in [1.165, 1.54) is 32.4 Å². The fraction of sp³-hybridized carbons (Fsp3) is 0.292. The molecular weight excluding hydrogens is 374 g/mol. The Labute approximate surface area is 176 Å². The van der Waals surface area contributed by atoms with Crippen molar-refractivity contribution in [2.75, 3.05) is 26.2 Å². The first-order valence-corrected chi connectivity index (χ1v) is 10.6. The molecule has 1 aliphatic heterocycles. The summed E-state index contributed by atoms with van der Waals surface area (Å²) in [5.41, 5.74) is 5.14. The van der Waals surface area contributed by atoms with Crippen molar-refractivity contribution in [1.82, 2.24) is 24.4 Å². The lowest BCUT2D eigenvalue weighted by molar-refractivity contribution is 0.180. The predicted molar refractivity (Wildman–Crippen MR) is 118 cm³/mol. The molecule has 3 aromatic heterocycles. The predicted octanol–water partition coefficient (Wildman–Crippen LogP) is 4.35. The van der Waals surface area contributed by atoms with Gasteiger partial charge in [0.25, 0.3) is 0 Å². The van der Waals surface area contributed by atoms with E-state index in [0.29, 0.717) is 12.5 Å². The highest BCUT2D eigenvalue weighted by molar-refractivity contribution is 5.83. The minimum atomic E-state index is 0.678. The fourth-order valence-corrected chi connectivity index (χ4v) is 3.99. The molecule has 0 unspecified atom stereocenters. The topological polar surface area (TPSA) is 56.1 Å². The quantitative estimate of drug-likeness (QED) is 0.483. The minimum Gasteiger partial charge on any atom is -0.476 e. The smallest absolute Gasteiger partial charge is 0.213 e. The van der Waals surface area contributed by atoms with Crippen LogP contribution in [0, 0.1) is 0 Å². The molecule has 1 saturated heterocycles. The first kappa shape index (κ1) is 18.8. The van der Waals surface area contributed by atoms with Crippen molar-refractivity contribution in [1.29, 1.82) is 0 Å². The van der Waals surface area contributed by atoms with Gasteiger partial charge in [0.05, 0.1) is 22.9 Å². The van der Waals surface area contributed by atoms with E-state index in [1.54, 1.807) is 6.20 Å². The summed E-state index contributed by atoms with van der Waals surface area (Å²) in [6, 6.07) is 14.2. The van der Waals surface area contributed by atoms with Crippen LogP contribution in [-0.2, 0) is 0 Å². The summed E-state index contributed by atoms with van der Waals surface area (Å²) < 4.78 is 7.89. The zero-order chi connectivity index (χ0) is 20.2. The molecule has 6 nitrogen and oxygen atoms in total. The first-order valence-electron chi connectivity index (χ1n) is 10.6. The highest BCUT2D eigenvalue weighted by Crippen LogP contribution is 2.26. The van der Waals surface area contributed by atoms with E-state index in [0.717, 1.165) is 34.4 Å². The van der Waals surface area contributed by atoms with Gasteiger partial charge in [-0.3, -0.25) is 14.5 Å². The van der Waals surface area contributed by atoms with Gasteiger partial charge in [-0.25, -0.2) is 9.97 Å². The van der Waals surface area contributed by atoms with Crippen LogP contribution in [0.2, 0.25) is 0 Å². The number of nitrogens with zero attached hydrogens (tertiary/aromatic N) is 5. The van der Waals surface area contributed by atoms with Crippen molar-refractivity contribution < 1.29 is 4.74 Å². The van der Waals surface area contributed by atoms with Crippen molar-refractivity contribution in [2.45, 2.75) is 19.3 Å². The molecule has 0 N–H and O–H groups in total. The van der Waals surface area contributed by atoms with Gasteiger partial charge in [-0.1, -0.05) is 12.5 Å². The summed E-state index contributed by atoms with van der Waals surface area (Å²) >= 11 is 0. The monoisotopic (exact) mass is 399 g/mol. The maximum absolute atomic E-state index is 5.85. The Kier molecular flexibility index (Phi) is 5.40. The molecule has 0 bridgehead atoms. The number of hydrogen-bond acceptors (Lipinski definition) is 5. The van der Waals surface area contributed by atoms with E-state index in [-0.39, 0.29) is 0 Å². The molecule has 1 fully saturated rings. The molecule has 152 valence electrons. The standard InChI is InChI=1S/C24H25N5O/c1-2-11-28(12-3-1)13-14-30-24-9-7-20(16-26-24)19-6-8-23-22(15-19)27-18-29(23)21-5-4-10-25-17-21/h4-10,15-18H,1-3,11-14H2. The molecule has 0 spiro atoms. The minimum absolute atomic E-state index is 0.678. The zero-order valence-electron chi connectivity index (χ0n) is 16.9. The molecule has 30 heavy (non-hydrogen) atoms. The van der Waals surface area contributed by atoms with Gasteiger partial charge in [-0.15, -0.1) is 0 Å². The number of fused-ring (bicyclic) bond motifs is 1. The molecule has 0 aliphatic carbocycles. The van der Waals surface area contributed by atoms with Crippen LogP contribution in [0.25, 0.3) is 27.8 Å². The normalized spacial score (nSPS) is 14.8. The van der Waals surface area contributed by atoms with Crippen molar-refractivity contribution in [3.05, 3.63) is 67.4 Å². The Bertz CT molecular complexity index is 1100. The number of likely N-dealkylation sites (tertiary alicyclic amines) is 1. The number of ether oxygens (including phenoxy) is 1. The number of benzene rings is 1. The maximum atomic E-state index is 5.85. The summed E-state index contributed by atoms with van der Waals surface area (Å²) in [7, 11) is 0. The van der Waals surface area contributed by atoms with E-state index in [1.807, 2.05) is 41.5 Å². The van der Waals surface area contributed by atoms with Gasteiger partial charge in [-0.2, -0.15) is 0 Å². The van der Waals surface area contributed by atoms with E-state index in [4.69, 9.17) is 4.74 Å². The van der Waals surface area contributed by atoms with Gasteiger partial charge in [0.15, 0.2) is 0 Å². The Morgan fingerprint density at radius 2 is 1.80 bits per heavy atom. The molecule has 1 aliphatic rings. The molecule has 0 radical (unpaired) electrons. The molecular formula is C24H25N5O. The fourth-order valence-electron chi connectivity index (χ4n) is 3.99. The highest BCUT2D eigenvalue weighted by Gasteiger charge is 2.10. The van der Waals surface area contributed by atoms with Crippen molar-refractivity contribution in [3.8, 4) is 22.7 Å². The van der Waals surface area contributed by atoms with Gasteiger partial charge in [-0.05, 0) is 61.8 Å². The Morgan fingerprint density at radius 1 is 0.900 bits per heavy atom. The molecule has 1 aromatic carbocycles. The second-order valence-corrected chi connectivity index (χ2v) is 7.67. The lowest BCUT2D eigenvalue weighted by Gasteiger charge is -2.26. The maximum Gasteiger partial charge on any atom is 0.213 e. The van der Waals surface area contributed by atoms with E-state index < -0.39 is 0 Å². The second kappa shape index (κ2) is 8.63. The van der Waals surface area contributed by atoms with Gasteiger partial charge in [0.1, 0.15) is 12.9 Å². The number of pyridine rings is 2. The third-order valence-electron chi connectivity index (χ3n) is 5.65. The van der Waals surface area contributed by atoms with Gasteiger partial charge < -0.3 is 4.74 Å². The van der Waals surface area contributed by atoms with Crippen LogP contribution < -0.4 is 4.74 Å². The second-order valence-electron chi connectivity index (χ2n) is 7.67. The van der Waals surface area contributed by atoms with Gasteiger partial charge in [0, 0.05) is 30.6 Å². The highest BCUT2D eigenvalue weighted by atomic mass is 16.5. The molecule has 6 heteroatoms. The number of piperidine rings is 1. The first-order chi connectivity index (χ1) is 14.9. The molecule has 4 heterocycles. The van der Waals surface area contributed by atoms with E-state index in [2.05, 4.69) is 44.1 Å². The molecule has 4 aromatic rings. The van der Waals surface area contributed by atoms with Crippen molar-refractivity contribution in [2.24, 2.45) is 0 Å².